The topological polar surface area (TPSA) is 9.72 Å². The van der Waals surface area contributed by atoms with Gasteiger partial charge in [0.1, 0.15) is 0 Å². The van der Waals surface area contributed by atoms with Crippen molar-refractivity contribution in [3.63, 3.8) is 0 Å². The molecule has 266 valence electrons. The zero-order valence-corrected chi connectivity index (χ0v) is 32.7. The van der Waals surface area contributed by atoms with Crippen LogP contribution >= 0.6 is 0 Å². The smallest absolute Gasteiger partial charge is 0.252 e. The van der Waals surface area contributed by atoms with Gasteiger partial charge in [0, 0.05) is 45.0 Å². The maximum Gasteiger partial charge on any atom is 0.252 e. The molecule has 5 aromatic rings. The van der Waals surface area contributed by atoms with Crippen LogP contribution < -0.4 is 31.1 Å². The summed E-state index contributed by atoms with van der Waals surface area (Å²) in [5.41, 5.74) is 21.5. The van der Waals surface area contributed by atoms with E-state index in [9.17, 15) is 0 Å². The van der Waals surface area contributed by atoms with Crippen LogP contribution in [0.3, 0.4) is 0 Å². The summed E-state index contributed by atoms with van der Waals surface area (Å²) in [6.45, 7) is 17.6. The van der Waals surface area contributed by atoms with Crippen LogP contribution in [0.4, 0.5) is 39.8 Å². The van der Waals surface area contributed by atoms with Crippen LogP contribution in [0.5, 0.6) is 0 Å². The molecule has 4 heterocycles. The fourth-order valence-corrected chi connectivity index (χ4v) is 12.9. The number of fused-ring (bicyclic) bond motifs is 10. The third-order valence-corrected chi connectivity index (χ3v) is 16.0. The lowest BCUT2D eigenvalue weighted by Crippen LogP contribution is -2.66. The fraction of sp³-hybridized carbons (Fsp3) is 0.388. The van der Waals surface area contributed by atoms with E-state index in [1.165, 1.54) is 124 Å². The Kier molecular flexibility index (Phi) is 6.29. The first-order chi connectivity index (χ1) is 25.5. The van der Waals surface area contributed by atoms with Gasteiger partial charge >= 0.3 is 0 Å². The molecule has 4 heteroatoms. The maximum absolute atomic E-state index is 2.91. The molecule has 5 aromatic carbocycles. The predicted molar refractivity (Wildman–Crippen MR) is 226 cm³/mol. The van der Waals surface area contributed by atoms with E-state index in [1.807, 2.05) is 0 Å². The Morgan fingerprint density at radius 1 is 0.547 bits per heavy atom. The summed E-state index contributed by atoms with van der Waals surface area (Å²) in [5, 5.41) is 0. The Hall–Kier alpha value is -4.44. The normalized spacial score (nSPS) is 28.2. The van der Waals surface area contributed by atoms with Crippen molar-refractivity contribution in [2.75, 3.05) is 14.7 Å². The summed E-state index contributed by atoms with van der Waals surface area (Å²) >= 11 is 0. The monoisotopic (exact) mass is 693 g/mol. The summed E-state index contributed by atoms with van der Waals surface area (Å²) < 4.78 is 0. The molecule has 11 rings (SSSR count). The second kappa shape index (κ2) is 10.4. The number of aryl methyl sites for hydroxylation is 3. The van der Waals surface area contributed by atoms with Crippen LogP contribution in [0.25, 0.3) is 0 Å². The zero-order chi connectivity index (χ0) is 36.2. The van der Waals surface area contributed by atoms with Gasteiger partial charge in [-0.2, -0.15) is 0 Å². The predicted octanol–water partition coefficient (Wildman–Crippen LogP) is 10.7. The molecule has 0 radical (unpaired) electrons. The quantitative estimate of drug-likeness (QED) is 0.174. The van der Waals surface area contributed by atoms with Crippen LogP contribution in [0.2, 0.25) is 0 Å². The summed E-state index contributed by atoms with van der Waals surface area (Å²) in [6.07, 6.45) is 10.1. The van der Waals surface area contributed by atoms with Gasteiger partial charge in [0.05, 0.1) is 16.8 Å². The minimum atomic E-state index is -0.0139. The lowest BCUT2D eigenvalue weighted by molar-refractivity contribution is 0.194. The Morgan fingerprint density at radius 3 is 1.66 bits per heavy atom. The molecule has 53 heavy (non-hydrogen) atoms. The van der Waals surface area contributed by atoms with Gasteiger partial charge < -0.3 is 14.7 Å². The molecule has 2 aliphatic carbocycles. The second-order valence-electron chi connectivity index (χ2n) is 18.5. The molecule has 4 aliphatic heterocycles. The first-order valence-electron chi connectivity index (χ1n) is 20.5. The molecule has 6 aliphatic rings. The van der Waals surface area contributed by atoms with Gasteiger partial charge in [0.25, 0.3) is 6.71 Å². The maximum atomic E-state index is 2.91. The molecule has 0 saturated heterocycles. The van der Waals surface area contributed by atoms with Crippen LogP contribution in [0.15, 0.2) is 91.0 Å². The summed E-state index contributed by atoms with van der Waals surface area (Å²) in [6, 6.07) is 35.8. The number of rotatable bonds is 3. The minimum absolute atomic E-state index is 0.0104. The van der Waals surface area contributed by atoms with E-state index in [0.29, 0.717) is 0 Å². The Balaban J connectivity index is 1.30. The van der Waals surface area contributed by atoms with Crippen LogP contribution in [0, 0.1) is 20.8 Å². The largest absolute Gasteiger partial charge is 0.335 e. The van der Waals surface area contributed by atoms with E-state index in [2.05, 4.69) is 154 Å². The molecular formula is C49H52BN3. The molecule has 2 saturated carbocycles. The average molecular weight is 694 g/mol. The zero-order valence-electron chi connectivity index (χ0n) is 32.7. The van der Waals surface area contributed by atoms with Gasteiger partial charge in [-0.15, -0.1) is 0 Å². The van der Waals surface area contributed by atoms with Crippen molar-refractivity contribution < 1.29 is 0 Å². The fourth-order valence-electron chi connectivity index (χ4n) is 12.9. The van der Waals surface area contributed by atoms with Gasteiger partial charge in [0.2, 0.25) is 0 Å². The Labute approximate surface area is 317 Å². The van der Waals surface area contributed by atoms with Crippen molar-refractivity contribution >= 4 is 62.9 Å². The van der Waals surface area contributed by atoms with Gasteiger partial charge in [-0.05, 0) is 123 Å². The van der Waals surface area contributed by atoms with E-state index in [4.69, 9.17) is 0 Å². The molecule has 2 fully saturated rings. The number of para-hydroxylation sites is 3. The minimum Gasteiger partial charge on any atom is -0.335 e. The number of anilines is 7. The lowest BCUT2D eigenvalue weighted by Gasteiger charge is -2.55. The molecule has 4 atom stereocenters. The third kappa shape index (κ3) is 3.69. The molecule has 0 amide bonds. The van der Waals surface area contributed by atoms with Crippen molar-refractivity contribution in [1.29, 1.82) is 0 Å². The summed E-state index contributed by atoms with van der Waals surface area (Å²) in [7, 11) is 0. The van der Waals surface area contributed by atoms with Gasteiger partial charge in [0.15, 0.2) is 0 Å². The van der Waals surface area contributed by atoms with E-state index < -0.39 is 0 Å². The lowest BCUT2D eigenvalue weighted by atomic mass is 9.33. The van der Waals surface area contributed by atoms with Crippen LogP contribution in [-0.2, 0) is 10.8 Å². The van der Waals surface area contributed by atoms with Gasteiger partial charge in [-0.3, -0.25) is 0 Å². The van der Waals surface area contributed by atoms with E-state index in [1.54, 1.807) is 11.1 Å². The Bertz CT molecular complexity index is 2350. The highest BCUT2D eigenvalue weighted by molar-refractivity contribution is 7.00. The SMILES string of the molecule is Cc1cc2c3c(c1)C1(C)CCCCC1(C)N3c1cc(N(c3ccccc3C)c3ccccc3C)cc3c1B2c1cccc2c1N3C1(C)CCCCC21C. The van der Waals surface area contributed by atoms with Gasteiger partial charge in [-0.1, -0.05) is 112 Å². The second-order valence-corrected chi connectivity index (χ2v) is 18.5. The van der Waals surface area contributed by atoms with Crippen molar-refractivity contribution in [3.05, 3.63) is 119 Å². The molecular weight excluding hydrogens is 641 g/mol. The highest BCUT2D eigenvalue weighted by Gasteiger charge is 2.64. The molecule has 0 N–H and O–H groups in total. The first-order valence-corrected chi connectivity index (χ1v) is 20.5. The van der Waals surface area contributed by atoms with Crippen molar-refractivity contribution in [2.45, 2.75) is 122 Å². The highest BCUT2D eigenvalue weighted by Crippen LogP contribution is 2.65. The Morgan fingerprint density at radius 2 is 1.08 bits per heavy atom. The number of nitrogens with zero attached hydrogens (tertiary/aromatic N) is 3. The van der Waals surface area contributed by atoms with Crippen LogP contribution in [0.1, 0.15) is 107 Å². The van der Waals surface area contributed by atoms with Gasteiger partial charge in [-0.25, -0.2) is 0 Å². The highest BCUT2D eigenvalue weighted by atomic mass is 15.3. The summed E-state index contributed by atoms with van der Waals surface area (Å²) in [5.74, 6) is 0. The van der Waals surface area contributed by atoms with Crippen molar-refractivity contribution in [1.82, 2.24) is 0 Å². The van der Waals surface area contributed by atoms with Crippen molar-refractivity contribution in [3.8, 4) is 0 Å². The number of benzene rings is 5. The molecule has 4 unspecified atom stereocenters. The summed E-state index contributed by atoms with van der Waals surface area (Å²) in [4.78, 5) is 8.40. The van der Waals surface area contributed by atoms with E-state index in [0.717, 1.165) is 0 Å². The number of hydrogen-bond acceptors (Lipinski definition) is 3. The van der Waals surface area contributed by atoms with Crippen molar-refractivity contribution in [2.24, 2.45) is 0 Å². The average Bonchev–Trinajstić information content (AvgIpc) is 3.49. The van der Waals surface area contributed by atoms with Crippen LogP contribution in [-0.4, -0.2) is 17.8 Å². The number of hydrogen-bond donors (Lipinski definition) is 0. The van der Waals surface area contributed by atoms with E-state index >= 15 is 0 Å². The standard InChI is InChI=1S/C49H52BN3/c1-31-27-36-45-38(28-31)50-37-20-16-19-35-44(37)52(48(6)25-14-12-23-46(35,48)4)41-29-34(30-42(43(41)50)53(45)49(7)26-15-13-24-47(36,49)5)51(39-21-10-8-17-32(39)2)40-22-11-9-18-33(40)3/h8-11,16-22,27-30H,12-15,23-26H2,1-7H3. The third-order valence-electron chi connectivity index (χ3n) is 16.0. The molecule has 0 aromatic heterocycles. The molecule has 3 nitrogen and oxygen atoms in total. The molecule has 0 spiro atoms. The first kappa shape index (κ1) is 32.0. The van der Waals surface area contributed by atoms with E-state index in [-0.39, 0.29) is 28.6 Å². The molecule has 0 bridgehead atoms.